The van der Waals surface area contributed by atoms with Crippen LogP contribution in [0.15, 0.2) is 91.0 Å². The van der Waals surface area contributed by atoms with E-state index in [1.807, 2.05) is 42.5 Å². The molecule has 0 aliphatic heterocycles. The molecule has 42 heavy (non-hydrogen) atoms. The first-order valence-corrected chi connectivity index (χ1v) is 14.3. The maximum Gasteiger partial charge on any atom is 0.433 e. The van der Waals surface area contributed by atoms with Crippen LogP contribution >= 0.6 is 0 Å². The standard InChI is InChI=1S/C34H31F3N4O/c35-34(36,37)32-21-31(28-9-2-4-11-30(28)41-32)39-26-7-5-8-27(20-26)40-33(42)24-15-12-22(13-16-24)14-18-25-19-17-23-6-1-3-10-29(23)38-25/h1-4,6,9-13,15-17,19,21,26-27H,5,7-8,14,18,20H2,(H,39,41)(H,40,42)/t26-,27+/m0/s1. The Morgan fingerprint density at radius 1 is 0.810 bits per heavy atom. The molecule has 3 aromatic carbocycles. The number of carbonyl (C=O) groups excluding carboxylic acids is 1. The molecule has 5 aromatic rings. The van der Waals surface area contributed by atoms with E-state index in [1.54, 1.807) is 24.3 Å². The topological polar surface area (TPSA) is 66.9 Å². The van der Waals surface area contributed by atoms with Crippen molar-refractivity contribution in [2.45, 2.75) is 56.8 Å². The van der Waals surface area contributed by atoms with E-state index in [-0.39, 0.29) is 18.0 Å². The second kappa shape index (κ2) is 11.8. The number of halogens is 3. The van der Waals surface area contributed by atoms with Gasteiger partial charge in [-0.15, -0.1) is 0 Å². The summed E-state index contributed by atoms with van der Waals surface area (Å²) in [4.78, 5) is 21.6. The van der Waals surface area contributed by atoms with E-state index in [0.29, 0.717) is 28.6 Å². The lowest BCUT2D eigenvalue weighted by molar-refractivity contribution is -0.140. The second-order valence-electron chi connectivity index (χ2n) is 10.9. The lowest BCUT2D eigenvalue weighted by Gasteiger charge is -2.31. The number of hydrogen-bond donors (Lipinski definition) is 2. The zero-order valence-electron chi connectivity index (χ0n) is 23.0. The van der Waals surface area contributed by atoms with E-state index in [2.05, 4.69) is 33.8 Å². The Bertz CT molecular complexity index is 1720. The van der Waals surface area contributed by atoms with Gasteiger partial charge in [-0.2, -0.15) is 13.2 Å². The van der Waals surface area contributed by atoms with Gasteiger partial charge in [-0.1, -0.05) is 54.6 Å². The molecule has 214 valence electrons. The monoisotopic (exact) mass is 568 g/mol. The molecule has 8 heteroatoms. The fourth-order valence-electron chi connectivity index (χ4n) is 5.72. The third kappa shape index (κ3) is 6.38. The first-order chi connectivity index (χ1) is 20.3. The van der Waals surface area contributed by atoms with E-state index in [4.69, 9.17) is 4.98 Å². The van der Waals surface area contributed by atoms with Crippen LogP contribution in [0, 0.1) is 0 Å². The number of carbonyl (C=O) groups is 1. The van der Waals surface area contributed by atoms with Gasteiger partial charge in [-0.25, -0.2) is 4.98 Å². The van der Waals surface area contributed by atoms with Crippen molar-refractivity contribution in [3.63, 3.8) is 0 Å². The van der Waals surface area contributed by atoms with Gasteiger partial charge in [0.1, 0.15) is 5.69 Å². The van der Waals surface area contributed by atoms with Gasteiger partial charge in [0.15, 0.2) is 0 Å². The number of fused-ring (bicyclic) bond motifs is 2. The van der Waals surface area contributed by atoms with Crippen LogP contribution in [0.3, 0.4) is 0 Å². The van der Waals surface area contributed by atoms with E-state index in [9.17, 15) is 18.0 Å². The molecule has 0 bridgehead atoms. The summed E-state index contributed by atoms with van der Waals surface area (Å²) in [6.07, 6.45) is 0.219. The zero-order valence-corrected chi connectivity index (χ0v) is 23.0. The molecule has 2 heterocycles. The number of amides is 1. The molecule has 2 aromatic heterocycles. The van der Waals surface area contributed by atoms with Gasteiger partial charge in [-0.3, -0.25) is 9.78 Å². The second-order valence-corrected chi connectivity index (χ2v) is 10.9. The maximum atomic E-state index is 13.5. The molecule has 1 aliphatic rings. The highest BCUT2D eigenvalue weighted by atomic mass is 19.4. The van der Waals surface area contributed by atoms with Gasteiger partial charge in [0.25, 0.3) is 5.91 Å². The Morgan fingerprint density at radius 3 is 2.36 bits per heavy atom. The first kappa shape index (κ1) is 27.7. The van der Waals surface area contributed by atoms with Crippen LogP contribution in [-0.2, 0) is 19.0 Å². The molecule has 1 saturated carbocycles. The molecule has 6 rings (SSSR count). The molecule has 2 N–H and O–H groups in total. The molecule has 1 fully saturated rings. The average Bonchev–Trinajstić information content (AvgIpc) is 3.00. The van der Waals surface area contributed by atoms with Crippen molar-refractivity contribution in [3.8, 4) is 0 Å². The fraction of sp³-hybridized carbons (Fsp3) is 0.265. The van der Waals surface area contributed by atoms with Crippen LogP contribution in [0.25, 0.3) is 21.8 Å². The van der Waals surface area contributed by atoms with Crippen molar-refractivity contribution >= 4 is 33.4 Å². The Balaban J connectivity index is 1.06. The van der Waals surface area contributed by atoms with Gasteiger partial charge >= 0.3 is 6.18 Å². The summed E-state index contributed by atoms with van der Waals surface area (Å²) in [6, 6.07) is 27.6. The molecule has 5 nitrogen and oxygen atoms in total. The van der Waals surface area contributed by atoms with Gasteiger partial charge < -0.3 is 10.6 Å². The molecule has 0 unspecified atom stereocenters. The zero-order chi connectivity index (χ0) is 29.1. The van der Waals surface area contributed by atoms with Gasteiger partial charge in [0, 0.05) is 39.8 Å². The number of nitrogens with one attached hydrogen (secondary N) is 2. The highest BCUT2D eigenvalue weighted by Crippen LogP contribution is 2.34. The van der Waals surface area contributed by atoms with E-state index in [1.165, 1.54) is 0 Å². The number of pyridine rings is 2. The number of rotatable bonds is 7. The molecule has 0 saturated heterocycles. The van der Waals surface area contributed by atoms with Crippen molar-refractivity contribution < 1.29 is 18.0 Å². The average molecular weight is 569 g/mol. The largest absolute Gasteiger partial charge is 0.433 e. The molecule has 0 radical (unpaired) electrons. The molecule has 1 aliphatic carbocycles. The molecular weight excluding hydrogens is 537 g/mol. The Labute approximate surface area is 242 Å². The third-order valence-electron chi connectivity index (χ3n) is 7.92. The number of nitrogens with zero attached hydrogens (tertiary/aromatic N) is 2. The smallest absolute Gasteiger partial charge is 0.382 e. The highest BCUT2D eigenvalue weighted by Gasteiger charge is 2.34. The number of para-hydroxylation sites is 2. The van der Waals surface area contributed by atoms with Gasteiger partial charge in [0.05, 0.1) is 11.0 Å². The summed E-state index contributed by atoms with van der Waals surface area (Å²) in [5, 5.41) is 8.23. The molecule has 1 amide bonds. The Morgan fingerprint density at radius 2 is 1.55 bits per heavy atom. The molecular formula is C34H31F3N4O. The van der Waals surface area contributed by atoms with Crippen molar-refractivity contribution in [3.05, 3.63) is 114 Å². The molecule has 2 atom stereocenters. The van der Waals surface area contributed by atoms with Crippen molar-refractivity contribution in [1.29, 1.82) is 0 Å². The van der Waals surface area contributed by atoms with Gasteiger partial charge in [0.2, 0.25) is 0 Å². The summed E-state index contributed by atoms with van der Waals surface area (Å²) >= 11 is 0. The van der Waals surface area contributed by atoms with Crippen LogP contribution in [0.1, 0.15) is 53.0 Å². The summed E-state index contributed by atoms with van der Waals surface area (Å²) in [7, 11) is 0. The lowest BCUT2D eigenvalue weighted by atomic mass is 9.90. The van der Waals surface area contributed by atoms with E-state index in [0.717, 1.165) is 60.3 Å². The number of hydrogen-bond acceptors (Lipinski definition) is 4. The van der Waals surface area contributed by atoms with Crippen molar-refractivity contribution in [1.82, 2.24) is 15.3 Å². The predicted octanol–water partition coefficient (Wildman–Crippen LogP) is 7.74. The summed E-state index contributed by atoms with van der Waals surface area (Å²) < 4.78 is 40.5. The minimum absolute atomic E-state index is 0.0676. The van der Waals surface area contributed by atoms with E-state index >= 15 is 0 Å². The Hall–Kier alpha value is -4.46. The summed E-state index contributed by atoms with van der Waals surface area (Å²) in [6.45, 7) is 0. The number of alkyl halides is 3. The number of aryl methyl sites for hydroxylation is 2. The highest BCUT2D eigenvalue weighted by molar-refractivity contribution is 5.94. The first-order valence-electron chi connectivity index (χ1n) is 14.3. The van der Waals surface area contributed by atoms with Crippen LogP contribution < -0.4 is 10.6 Å². The van der Waals surface area contributed by atoms with Crippen LogP contribution in [0.5, 0.6) is 0 Å². The maximum absolute atomic E-state index is 13.5. The lowest BCUT2D eigenvalue weighted by Crippen LogP contribution is -2.41. The number of benzene rings is 3. The van der Waals surface area contributed by atoms with Crippen molar-refractivity contribution in [2.75, 3.05) is 5.32 Å². The van der Waals surface area contributed by atoms with Crippen LogP contribution in [0.2, 0.25) is 0 Å². The number of anilines is 1. The van der Waals surface area contributed by atoms with E-state index < -0.39 is 11.9 Å². The van der Waals surface area contributed by atoms with Crippen LogP contribution in [-0.4, -0.2) is 28.0 Å². The minimum Gasteiger partial charge on any atom is -0.382 e. The fourth-order valence-corrected chi connectivity index (χ4v) is 5.72. The van der Waals surface area contributed by atoms with Crippen molar-refractivity contribution in [2.24, 2.45) is 0 Å². The number of aromatic nitrogens is 2. The van der Waals surface area contributed by atoms with Crippen LogP contribution in [0.4, 0.5) is 18.9 Å². The summed E-state index contributed by atoms with van der Waals surface area (Å²) in [5.74, 6) is -0.142. The SMILES string of the molecule is O=C(N[C@@H]1CCC[C@H](Nc2cc(C(F)(F)F)nc3ccccc23)C1)c1ccc(CCc2ccc3ccccc3n2)cc1. The third-order valence-corrected chi connectivity index (χ3v) is 7.92. The van der Waals surface area contributed by atoms with Gasteiger partial charge in [-0.05, 0) is 80.5 Å². The summed E-state index contributed by atoms with van der Waals surface area (Å²) in [5.41, 5.74) is 3.54. The quantitative estimate of drug-likeness (QED) is 0.211. The Kier molecular flexibility index (Phi) is 7.78. The normalized spacial score (nSPS) is 17.3. The predicted molar refractivity (Wildman–Crippen MR) is 159 cm³/mol. The minimum atomic E-state index is -4.54. The molecule has 0 spiro atoms.